The van der Waals surface area contributed by atoms with Gasteiger partial charge in [-0.1, -0.05) is 12.1 Å². The van der Waals surface area contributed by atoms with Gasteiger partial charge in [0, 0.05) is 0 Å². The van der Waals surface area contributed by atoms with Crippen molar-refractivity contribution in [3.8, 4) is 0 Å². The average molecular weight is 286 g/mol. The molecule has 0 saturated heterocycles. The Kier molecular flexibility index (Phi) is 4.45. The van der Waals surface area contributed by atoms with Crippen molar-refractivity contribution in [2.45, 2.75) is 20.0 Å². The predicted octanol–water partition coefficient (Wildman–Crippen LogP) is 3.46. The molecule has 1 heterocycles. The lowest BCUT2D eigenvalue weighted by Crippen LogP contribution is -1.99. The molecule has 2 aromatic rings. The van der Waals surface area contributed by atoms with E-state index in [1.807, 2.05) is 18.2 Å². The largest absolute Gasteiger partial charge is 0.335 e. The summed E-state index contributed by atoms with van der Waals surface area (Å²) in [6.45, 7) is 4.33. The summed E-state index contributed by atoms with van der Waals surface area (Å²) in [5.74, 6) is 0. The highest BCUT2D eigenvalue weighted by molar-refractivity contribution is 7.53. The first-order valence-electron chi connectivity index (χ1n) is 5.77. The monoisotopic (exact) mass is 286 g/mol. The van der Waals surface area contributed by atoms with Gasteiger partial charge in [-0.3, -0.25) is 4.57 Å². The molecule has 98 valence electrons. The van der Waals surface area contributed by atoms with Gasteiger partial charge in [-0.25, -0.2) is 0 Å². The Morgan fingerprint density at radius 3 is 2.61 bits per heavy atom. The zero-order valence-corrected chi connectivity index (χ0v) is 12.0. The van der Waals surface area contributed by atoms with Crippen LogP contribution in [-0.4, -0.2) is 22.0 Å². The van der Waals surface area contributed by atoms with Crippen molar-refractivity contribution in [2.24, 2.45) is 0 Å². The van der Waals surface area contributed by atoms with Crippen molar-refractivity contribution in [3.05, 3.63) is 23.8 Å². The predicted molar refractivity (Wildman–Crippen MR) is 72.0 cm³/mol. The highest BCUT2D eigenvalue weighted by Crippen LogP contribution is 2.51. The fourth-order valence-corrected chi connectivity index (χ4v) is 4.01. The molecule has 18 heavy (non-hydrogen) atoms. The number of fused-ring (bicyclic) bond motifs is 1. The Morgan fingerprint density at radius 1 is 1.22 bits per heavy atom. The number of nitrogens with zero attached hydrogens (tertiary/aromatic N) is 2. The summed E-state index contributed by atoms with van der Waals surface area (Å²) in [5, 5.41) is 0. The molecule has 0 aliphatic rings. The van der Waals surface area contributed by atoms with E-state index in [-0.39, 0.29) is 6.16 Å². The van der Waals surface area contributed by atoms with E-state index in [1.54, 1.807) is 13.8 Å². The van der Waals surface area contributed by atoms with Crippen LogP contribution in [0.15, 0.2) is 18.2 Å². The summed E-state index contributed by atoms with van der Waals surface area (Å²) < 4.78 is 31.4. The van der Waals surface area contributed by atoms with Crippen molar-refractivity contribution in [1.82, 2.24) is 8.75 Å². The van der Waals surface area contributed by atoms with Gasteiger partial charge in [0.2, 0.25) is 0 Å². The maximum atomic E-state index is 12.5. The van der Waals surface area contributed by atoms with E-state index < -0.39 is 7.60 Å². The minimum Gasteiger partial charge on any atom is -0.309 e. The fraction of sp³-hybridized carbons (Fsp3) is 0.455. The second-order valence-corrected chi connectivity index (χ2v) is 6.24. The molecule has 0 aliphatic heterocycles. The van der Waals surface area contributed by atoms with Crippen LogP contribution >= 0.6 is 19.3 Å². The maximum absolute atomic E-state index is 12.5. The van der Waals surface area contributed by atoms with Gasteiger partial charge in [0.15, 0.2) is 0 Å². The highest BCUT2D eigenvalue weighted by Gasteiger charge is 2.25. The second kappa shape index (κ2) is 5.89. The van der Waals surface area contributed by atoms with Crippen molar-refractivity contribution >= 4 is 30.4 Å². The third-order valence-electron chi connectivity index (χ3n) is 2.39. The SMILES string of the molecule is CCOP(=O)(Cc1cccc2nsnc12)OCC. The Labute approximate surface area is 110 Å². The van der Waals surface area contributed by atoms with Crippen LogP contribution in [0.25, 0.3) is 11.0 Å². The molecule has 0 fully saturated rings. The topological polar surface area (TPSA) is 61.3 Å². The molecule has 0 unspecified atom stereocenters. The van der Waals surface area contributed by atoms with E-state index in [9.17, 15) is 4.57 Å². The van der Waals surface area contributed by atoms with Crippen LogP contribution in [0.3, 0.4) is 0 Å². The molecule has 0 spiro atoms. The molecule has 2 rings (SSSR count). The first kappa shape index (κ1) is 13.6. The summed E-state index contributed by atoms with van der Waals surface area (Å²) in [4.78, 5) is 0. The Bertz CT molecular complexity index is 562. The summed E-state index contributed by atoms with van der Waals surface area (Å²) in [6, 6.07) is 5.64. The fourth-order valence-electron chi connectivity index (χ4n) is 1.72. The van der Waals surface area contributed by atoms with Crippen molar-refractivity contribution in [2.75, 3.05) is 13.2 Å². The van der Waals surface area contributed by atoms with Gasteiger partial charge in [0.1, 0.15) is 11.0 Å². The van der Waals surface area contributed by atoms with Crippen LogP contribution < -0.4 is 0 Å². The van der Waals surface area contributed by atoms with Crippen LogP contribution in [-0.2, 0) is 19.8 Å². The zero-order chi connectivity index (χ0) is 13.0. The van der Waals surface area contributed by atoms with Crippen LogP contribution in [0.2, 0.25) is 0 Å². The lowest BCUT2D eigenvalue weighted by atomic mass is 10.2. The first-order chi connectivity index (χ1) is 8.68. The van der Waals surface area contributed by atoms with Crippen molar-refractivity contribution < 1.29 is 13.6 Å². The van der Waals surface area contributed by atoms with Crippen molar-refractivity contribution in [1.29, 1.82) is 0 Å². The van der Waals surface area contributed by atoms with E-state index in [2.05, 4.69) is 8.75 Å². The Balaban J connectivity index is 2.31. The normalized spacial score (nSPS) is 12.1. The molecule has 1 aromatic carbocycles. The maximum Gasteiger partial charge on any atom is 0.335 e. The van der Waals surface area contributed by atoms with Crippen LogP contribution in [0.1, 0.15) is 19.4 Å². The molecule has 0 bridgehead atoms. The standard InChI is InChI=1S/C11H15N2O3PS/c1-3-15-17(14,16-4-2)8-9-6-5-7-10-11(9)13-18-12-10/h5-7H,3-4,8H2,1-2H3. The van der Waals surface area contributed by atoms with Gasteiger partial charge in [-0.2, -0.15) is 8.75 Å². The van der Waals surface area contributed by atoms with Gasteiger partial charge in [0.05, 0.1) is 31.1 Å². The van der Waals surface area contributed by atoms with Gasteiger partial charge >= 0.3 is 7.60 Å². The van der Waals surface area contributed by atoms with Crippen LogP contribution in [0.4, 0.5) is 0 Å². The number of aromatic nitrogens is 2. The first-order valence-corrected chi connectivity index (χ1v) is 8.22. The molecule has 5 nitrogen and oxygen atoms in total. The molecule has 0 radical (unpaired) electrons. The lowest BCUT2D eigenvalue weighted by Gasteiger charge is -2.16. The molecule has 7 heteroatoms. The molecule has 0 saturated carbocycles. The van der Waals surface area contributed by atoms with Crippen LogP contribution in [0.5, 0.6) is 0 Å². The van der Waals surface area contributed by atoms with E-state index in [4.69, 9.17) is 9.05 Å². The summed E-state index contributed by atoms with van der Waals surface area (Å²) in [6.07, 6.45) is 0.234. The van der Waals surface area contributed by atoms with Gasteiger partial charge in [-0.15, -0.1) is 0 Å². The van der Waals surface area contributed by atoms with Gasteiger partial charge in [-0.05, 0) is 25.5 Å². The number of benzene rings is 1. The number of hydrogen-bond acceptors (Lipinski definition) is 6. The third-order valence-corrected chi connectivity index (χ3v) is 4.96. The molecular weight excluding hydrogens is 271 g/mol. The Hall–Kier alpha value is -0.810. The van der Waals surface area contributed by atoms with Gasteiger partial charge < -0.3 is 9.05 Å². The van der Waals surface area contributed by atoms with E-state index in [0.717, 1.165) is 28.3 Å². The van der Waals surface area contributed by atoms with E-state index in [1.165, 1.54) is 0 Å². The molecule has 0 amide bonds. The smallest absolute Gasteiger partial charge is 0.309 e. The number of rotatable bonds is 6. The van der Waals surface area contributed by atoms with Crippen LogP contribution in [0, 0.1) is 0 Å². The second-order valence-electron chi connectivity index (χ2n) is 3.65. The van der Waals surface area contributed by atoms with Crippen molar-refractivity contribution in [3.63, 3.8) is 0 Å². The molecule has 0 atom stereocenters. The summed E-state index contributed by atoms with van der Waals surface area (Å²) in [5.41, 5.74) is 2.45. The third kappa shape index (κ3) is 2.95. The minimum absolute atomic E-state index is 0.234. The van der Waals surface area contributed by atoms with E-state index >= 15 is 0 Å². The van der Waals surface area contributed by atoms with Gasteiger partial charge in [0.25, 0.3) is 0 Å². The molecular formula is C11H15N2O3PS. The minimum atomic E-state index is -3.08. The highest BCUT2D eigenvalue weighted by atomic mass is 32.1. The molecule has 0 N–H and O–H groups in total. The number of hydrogen-bond donors (Lipinski definition) is 0. The van der Waals surface area contributed by atoms with E-state index in [0.29, 0.717) is 13.2 Å². The molecule has 1 aromatic heterocycles. The Morgan fingerprint density at radius 2 is 1.94 bits per heavy atom. The summed E-state index contributed by atoms with van der Waals surface area (Å²) >= 11 is 1.15. The zero-order valence-electron chi connectivity index (χ0n) is 10.3. The molecule has 0 aliphatic carbocycles. The lowest BCUT2D eigenvalue weighted by molar-refractivity contribution is 0.219. The summed E-state index contributed by atoms with van der Waals surface area (Å²) in [7, 11) is -3.08. The average Bonchev–Trinajstić information content (AvgIpc) is 2.78. The quantitative estimate of drug-likeness (QED) is 0.761.